The van der Waals surface area contributed by atoms with Gasteiger partial charge in [-0.1, -0.05) is 58.4 Å². The summed E-state index contributed by atoms with van der Waals surface area (Å²) in [6.45, 7) is 6.34. The van der Waals surface area contributed by atoms with Gasteiger partial charge in [-0.3, -0.25) is 9.48 Å². The first-order valence-electron chi connectivity index (χ1n) is 12.6. The second kappa shape index (κ2) is 9.74. The van der Waals surface area contributed by atoms with E-state index in [9.17, 15) is 14.7 Å². The molecule has 5 rings (SSSR count). The fraction of sp³-hybridized carbons (Fsp3) is 0.444. The van der Waals surface area contributed by atoms with Crippen molar-refractivity contribution in [3.63, 3.8) is 0 Å². The van der Waals surface area contributed by atoms with E-state index in [1.807, 2.05) is 74.7 Å². The van der Waals surface area contributed by atoms with Gasteiger partial charge in [0.2, 0.25) is 0 Å². The van der Waals surface area contributed by atoms with Crippen LogP contribution in [0.2, 0.25) is 18.6 Å². The second-order valence-corrected chi connectivity index (χ2v) is 15.6. The zero-order chi connectivity index (χ0) is 26.5. The van der Waals surface area contributed by atoms with Gasteiger partial charge in [0.15, 0.2) is 13.9 Å². The van der Waals surface area contributed by atoms with Crippen molar-refractivity contribution in [3.8, 4) is 0 Å². The second-order valence-electron chi connectivity index (χ2n) is 10.7. The summed E-state index contributed by atoms with van der Waals surface area (Å²) in [5.41, 5.74) is 2.10. The minimum absolute atomic E-state index is 0.0640. The van der Waals surface area contributed by atoms with Crippen LogP contribution in [0.1, 0.15) is 36.1 Å². The minimum Gasteiger partial charge on any atom is -0.432 e. The lowest BCUT2D eigenvalue weighted by Gasteiger charge is -2.32. The maximum atomic E-state index is 13.7. The molecule has 2 aromatic carbocycles. The van der Waals surface area contributed by atoms with E-state index in [-0.39, 0.29) is 36.0 Å². The molecule has 0 bridgehead atoms. The van der Waals surface area contributed by atoms with Crippen molar-refractivity contribution in [3.05, 3.63) is 76.0 Å². The highest BCUT2D eigenvalue weighted by Gasteiger charge is 2.65. The number of benzene rings is 2. The minimum atomic E-state index is -2.72. The predicted octanol–water partition coefficient (Wildman–Crippen LogP) is 4.03. The van der Waals surface area contributed by atoms with Gasteiger partial charge in [-0.25, -0.2) is 0 Å². The van der Waals surface area contributed by atoms with Crippen molar-refractivity contribution >= 4 is 35.8 Å². The first kappa shape index (κ1) is 26.2. The monoisotopic (exact) mass is 584 g/mol. The average molecular weight is 586 g/mol. The third-order valence-corrected chi connectivity index (χ3v) is 11.0. The molecule has 8 nitrogen and oxygen atoms in total. The highest BCUT2D eigenvalue weighted by molar-refractivity contribution is 9.10. The third-order valence-electron chi connectivity index (χ3n) is 8.02. The number of rotatable bonds is 7. The molecule has 1 unspecified atom stereocenters. The van der Waals surface area contributed by atoms with Gasteiger partial charge in [-0.05, 0) is 43.3 Å². The number of fused-ring (bicyclic) bond motifs is 2. The van der Waals surface area contributed by atoms with E-state index in [4.69, 9.17) is 4.74 Å². The molecule has 2 aliphatic rings. The van der Waals surface area contributed by atoms with E-state index < -0.39 is 13.9 Å². The van der Waals surface area contributed by atoms with Crippen LogP contribution in [-0.2, 0) is 21.7 Å². The molecule has 2 aliphatic heterocycles. The molecule has 0 saturated carbocycles. The lowest BCUT2D eigenvalue weighted by atomic mass is 9.82. The molecule has 0 radical (unpaired) electrons. The van der Waals surface area contributed by atoms with E-state index >= 15 is 0 Å². The van der Waals surface area contributed by atoms with Crippen LogP contribution in [0.3, 0.4) is 0 Å². The Morgan fingerprint density at radius 3 is 2.62 bits per heavy atom. The predicted molar refractivity (Wildman–Crippen MR) is 147 cm³/mol. The molecule has 1 saturated heterocycles. The Balaban J connectivity index is 1.42. The highest BCUT2D eigenvalue weighted by atomic mass is 79.9. The standard InChI is InChI=1S/C27H33BrN4O4Si/c1-17-25(37(3,4)35)24(36-27(17)21-14-19(28)10-11-23(21)31(2)26(27)34)12-13-32-15-22(29-30-32)20(16-33)18-8-6-5-7-9-18/h5-11,14-15,17,20,24-25,33,35H,12-13,16H2,1-4H3/t17-,20?,24+,25-,27+/m0/s1. The van der Waals surface area contributed by atoms with Crippen LogP contribution >= 0.6 is 15.9 Å². The van der Waals surface area contributed by atoms with Crippen LogP contribution in [0.25, 0.3) is 0 Å². The number of hydrogen-bond acceptors (Lipinski definition) is 6. The Hall–Kier alpha value is -2.37. The molecule has 3 heterocycles. The fourth-order valence-electron chi connectivity index (χ4n) is 6.32. The molecule has 37 heavy (non-hydrogen) atoms. The lowest BCUT2D eigenvalue weighted by molar-refractivity contribution is -0.145. The van der Waals surface area contributed by atoms with E-state index in [0.717, 1.165) is 21.3 Å². The average Bonchev–Trinajstić information content (AvgIpc) is 3.50. The third kappa shape index (κ3) is 4.38. The lowest BCUT2D eigenvalue weighted by Crippen LogP contribution is -2.45. The van der Waals surface area contributed by atoms with Crippen LogP contribution < -0.4 is 4.90 Å². The molecule has 3 aromatic rings. The van der Waals surface area contributed by atoms with E-state index in [0.29, 0.717) is 18.7 Å². The number of likely N-dealkylation sites (N-methyl/N-ethyl adjacent to an activating group) is 1. The summed E-state index contributed by atoms with van der Waals surface area (Å²) in [4.78, 5) is 26.7. The summed E-state index contributed by atoms with van der Waals surface area (Å²) in [5.74, 6) is -0.535. The van der Waals surface area contributed by atoms with Crippen LogP contribution in [-0.4, -0.2) is 58.9 Å². The Morgan fingerprint density at radius 1 is 1.22 bits per heavy atom. The first-order chi connectivity index (χ1) is 17.6. The number of carbonyl (C=O) groups excluding carboxylic acids is 1. The molecule has 196 valence electrons. The molecule has 5 atom stereocenters. The molecule has 1 amide bonds. The number of amides is 1. The summed E-state index contributed by atoms with van der Waals surface area (Å²) < 4.78 is 9.40. The molecule has 0 aliphatic carbocycles. The number of ether oxygens (including phenoxy) is 1. The van der Waals surface area contributed by atoms with Crippen molar-refractivity contribution in [1.82, 2.24) is 15.0 Å². The SMILES string of the molecule is C[C@H]1[C@H]([Si](C)(C)O)[C@@H](CCn2cc(C(CO)c3ccccc3)nn2)O[C@]12C(=O)N(C)c1ccc(Br)cc12. The molecular weight excluding hydrogens is 552 g/mol. The summed E-state index contributed by atoms with van der Waals surface area (Å²) in [5, 5.41) is 18.6. The normalized spacial score (nSPS) is 26.2. The number of halogens is 1. The first-order valence-corrected chi connectivity index (χ1v) is 16.4. The topological polar surface area (TPSA) is 101 Å². The largest absolute Gasteiger partial charge is 0.432 e. The molecule has 2 N–H and O–H groups in total. The number of anilines is 1. The molecule has 1 spiro atoms. The van der Waals surface area contributed by atoms with Crippen LogP contribution in [0.15, 0.2) is 59.2 Å². The van der Waals surface area contributed by atoms with Gasteiger partial charge in [0.05, 0.1) is 30.0 Å². The molecule has 1 aromatic heterocycles. The number of aryl methyl sites for hydroxylation is 1. The van der Waals surface area contributed by atoms with E-state index in [1.54, 1.807) is 16.6 Å². The molecule has 1 fully saturated rings. The van der Waals surface area contributed by atoms with Crippen molar-refractivity contribution < 1.29 is 19.4 Å². The van der Waals surface area contributed by atoms with Crippen LogP contribution in [0, 0.1) is 5.92 Å². The molecule has 10 heteroatoms. The molecular formula is C27H33BrN4O4Si. The van der Waals surface area contributed by atoms with Crippen molar-refractivity contribution in [2.24, 2.45) is 5.92 Å². The van der Waals surface area contributed by atoms with Crippen LogP contribution in [0.4, 0.5) is 5.69 Å². The van der Waals surface area contributed by atoms with Crippen molar-refractivity contribution in [1.29, 1.82) is 0 Å². The summed E-state index contributed by atoms with van der Waals surface area (Å²) in [7, 11) is -0.934. The van der Waals surface area contributed by atoms with Crippen molar-refractivity contribution in [2.45, 2.75) is 56.1 Å². The quantitative estimate of drug-likeness (QED) is 0.407. The van der Waals surface area contributed by atoms with Gasteiger partial charge < -0.3 is 19.5 Å². The van der Waals surface area contributed by atoms with Gasteiger partial charge in [0, 0.05) is 41.3 Å². The maximum absolute atomic E-state index is 13.7. The Kier molecular flexibility index (Phi) is 6.91. The van der Waals surface area contributed by atoms with E-state index in [1.165, 1.54) is 0 Å². The number of aliphatic hydroxyl groups is 1. The summed E-state index contributed by atoms with van der Waals surface area (Å²) in [6.07, 6.45) is 2.12. The summed E-state index contributed by atoms with van der Waals surface area (Å²) in [6, 6.07) is 15.6. The van der Waals surface area contributed by atoms with Gasteiger partial charge in [-0.2, -0.15) is 0 Å². The Bertz CT molecular complexity index is 1300. The zero-order valence-electron chi connectivity index (χ0n) is 21.5. The summed E-state index contributed by atoms with van der Waals surface area (Å²) >= 11 is 3.56. The number of aliphatic hydroxyl groups excluding tert-OH is 1. The van der Waals surface area contributed by atoms with Crippen LogP contribution in [0.5, 0.6) is 0 Å². The van der Waals surface area contributed by atoms with Gasteiger partial charge >= 0.3 is 0 Å². The number of hydrogen-bond donors (Lipinski definition) is 2. The number of aromatic nitrogens is 3. The Labute approximate surface area is 226 Å². The van der Waals surface area contributed by atoms with Gasteiger partial charge in [-0.15, -0.1) is 5.10 Å². The van der Waals surface area contributed by atoms with Gasteiger partial charge in [0.25, 0.3) is 5.91 Å². The zero-order valence-corrected chi connectivity index (χ0v) is 24.1. The highest BCUT2D eigenvalue weighted by Crippen LogP contribution is 2.59. The number of nitrogens with zero attached hydrogens (tertiary/aromatic N) is 4. The van der Waals surface area contributed by atoms with Crippen molar-refractivity contribution in [2.75, 3.05) is 18.6 Å². The van der Waals surface area contributed by atoms with Gasteiger partial charge in [0.1, 0.15) is 0 Å². The fourth-order valence-corrected chi connectivity index (χ4v) is 9.29. The number of carbonyl (C=O) groups is 1. The maximum Gasteiger partial charge on any atom is 0.264 e. The van der Waals surface area contributed by atoms with E-state index in [2.05, 4.69) is 26.2 Å². The Morgan fingerprint density at radius 2 is 1.95 bits per heavy atom. The smallest absolute Gasteiger partial charge is 0.264 e.